The van der Waals surface area contributed by atoms with Crippen molar-refractivity contribution in [3.63, 3.8) is 0 Å². The highest BCUT2D eigenvalue weighted by atomic mass is 16.4. The third-order valence-electron chi connectivity index (χ3n) is 2.37. The van der Waals surface area contributed by atoms with Gasteiger partial charge in [0.15, 0.2) is 0 Å². The van der Waals surface area contributed by atoms with E-state index < -0.39 is 5.97 Å². The molecule has 1 aliphatic rings. The van der Waals surface area contributed by atoms with E-state index in [2.05, 4.69) is 22.0 Å². The molecule has 4 nitrogen and oxygen atoms in total. The summed E-state index contributed by atoms with van der Waals surface area (Å²) < 4.78 is 0. The number of pyridine rings is 1. The number of anilines is 1. The van der Waals surface area contributed by atoms with Crippen LogP contribution in [0.3, 0.4) is 0 Å². The molecule has 0 saturated carbocycles. The van der Waals surface area contributed by atoms with E-state index in [0.29, 0.717) is 0 Å². The molecule has 0 spiro atoms. The Hall–Kier alpha value is -1.84. The molecule has 0 unspecified atom stereocenters. The van der Waals surface area contributed by atoms with Crippen LogP contribution >= 0.6 is 0 Å². The molecule has 1 aromatic rings. The summed E-state index contributed by atoms with van der Waals surface area (Å²) in [5.41, 5.74) is 0.287. The van der Waals surface area contributed by atoms with Crippen LogP contribution in [-0.2, 0) is 0 Å². The normalized spacial score (nSPS) is 15.3. The Morgan fingerprint density at radius 3 is 3.00 bits per heavy atom. The Balaban J connectivity index is 2.24. The molecule has 0 saturated heterocycles. The summed E-state index contributed by atoms with van der Waals surface area (Å²) in [5.74, 6) is -0.176. The molecule has 78 valence electrons. The molecule has 0 aromatic carbocycles. The summed E-state index contributed by atoms with van der Waals surface area (Å²) >= 11 is 0. The van der Waals surface area contributed by atoms with Crippen LogP contribution in [0.15, 0.2) is 30.5 Å². The van der Waals surface area contributed by atoms with Crippen LogP contribution < -0.4 is 4.90 Å². The fourth-order valence-electron chi connectivity index (χ4n) is 1.57. The molecule has 0 fully saturated rings. The maximum absolute atomic E-state index is 10.8. The molecular formula is C11H12N2O2. The van der Waals surface area contributed by atoms with Gasteiger partial charge in [-0.1, -0.05) is 12.2 Å². The number of carbonyl (C=O) groups is 1. The first-order valence-corrected chi connectivity index (χ1v) is 4.86. The highest BCUT2D eigenvalue weighted by Gasteiger charge is 2.10. The maximum Gasteiger partial charge on any atom is 0.335 e. The summed E-state index contributed by atoms with van der Waals surface area (Å²) in [5, 5.41) is 8.85. The number of hydrogen-bond acceptors (Lipinski definition) is 3. The number of hydrogen-bond donors (Lipinski definition) is 1. The molecule has 0 amide bonds. The largest absolute Gasteiger partial charge is 0.478 e. The van der Waals surface area contributed by atoms with E-state index in [1.54, 1.807) is 6.07 Å². The number of aromatic nitrogens is 1. The maximum atomic E-state index is 10.8. The Kier molecular flexibility index (Phi) is 2.67. The van der Waals surface area contributed by atoms with E-state index in [4.69, 9.17) is 5.11 Å². The molecule has 1 aromatic heterocycles. The second-order valence-corrected chi connectivity index (χ2v) is 3.41. The average Bonchev–Trinajstić information content (AvgIpc) is 2.30. The predicted octanol–water partition coefficient (Wildman–Crippen LogP) is 1.55. The first kappa shape index (κ1) is 9.71. The minimum absolute atomic E-state index is 0.287. The summed E-state index contributed by atoms with van der Waals surface area (Å²) in [6, 6.07) is 3.12. The molecule has 0 bridgehead atoms. The van der Waals surface area contributed by atoms with Crippen LogP contribution in [-0.4, -0.2) is 29.1 Å². The first-order chi connectivity index (χ1) is 7.27. The second-order valence-electron chi connectivity index (χ2n) is 3.41. The second kappa shape index (κ2) is 4.13. The zero-order valence-corrected chi connectivity index (χ0v) is 8.26. The third kappa shape index (κ3) is 2.15. The predicted molar refractivity (Wildman–Crippen MR) is 57.2 cm³/mol. The van der Waals surface area contributed by atoms with Gasteiger partial charge >= 0.3 is 5.97 Å². The van der Waals surface area contributed by atoms with Crippen molar-refractivity contribution in [2.24, 2.45) is 0 Å². The highest BCUT2D eigenvalue weighted by molar-refractivity contribution is 5.88. The van der Waals surface area contributed by atoms with Gasteiger partial charge in [0, 0.05) is 19.3 Å². The van der Waals surface area contributed by atoms with Gasteiger partial charge in [-0.05, 0) is 18.6 Å². The molecule has 0 aliphatic carbocycles. The van der Waals surface area contributed by atoms with Gasteiger partial charge in [0.05, 0.1) is 5.56 Å². The number of carboxylic acid groups (broad SMARTS) is 1. The summed E-state index contributed by atoms with van der Waals surface area (Å²) in [4.78, 5) is 17.0. The van der Waals surface area contributed by atoms with E-state index >= 15 is 0 Å². The average molecular weight is 204 g/mol. The summed E-state index contributed by atoms with van der Waals surface area (Å²) in [6.07, 6.45) is 6.71. The van der Waals surface area contributed by atoms with Gasteiger partial charge in [-0.2, -0.15) is 0 Å². The molecule has 2 heterocycles. The van der Waals surface area contributed by atoms with Gasteiger partial charge in [0.25, 0.3) is 0 Å². The van der Waals surface area contributed by atoms with Crippen LogP contribution in [0, 0.1) is 0 Å². The van der Waals surface area contributed by atoms with E-state index in [9.17, 15) is 4.79 Å². The molecule has 1 N–H and O–H groups in total. The van der Waals surface area contributed by atoms with Gasteiger partial charge in [-0.3, -0.25) is 0 Å². The fraction of sp³-hybridized carbons (Fsp3) is 0.273. The fourth-order valence-corrected chi connectivity index (χ4v) is 1.57. The number of aromatic carboxylic acids is 1. The Labute approximate surface area is 87.9 Å². The zero-order valence-electron chi connectivity index (χ0n) is 8.26. The molecule has 0 radical (unpaired) electrons. The first-order valence-electron chi connectivity index (χ1n) is 4.86. The standard InChI is InChI=1S/C11H12N2O2/c14-11(15)9-4-5-12-10(8-9)13-6-2-1-3-7-13/h1-2,4-5,8H,3,6-7H2,(H,14,15). The van der Waals surface area contributed by atoms with Crippen molar-refractivity contribution in [3.8, 4) is 0 Å². The van der Waals surface area contributed by atoms with Crippen LogP contribution in [0.2, 0.25) is 0 Å². The number of carboxylic acids is 1. The van der Waals surface area contributed by atoms with Crippen molar-refractivity contribution in [1.29, 1.82) is 0 Å². The molecule has 4 heteroatoms. The van der Waals surface area contributed by atoms with Gasteiger partial charge < -0.3 is 10.0 Å². The number of rotatable bonds is 2. The molecule has 0 atom stereocenters. The smallest absolute Gasteiger partial charge is 0.335 e. The Bertz CT molecular complexity index is 401. The third-order valence-corrected chi connectivity index (χ3v) is 2.37. The van der Waals surface area contributed by atoms with Crippen molar-refractivity contribution in [1.82, 2.24) is 4.98 Å². The SMILES string of the molecule is O=C(O)c1ccnc(N2CC=CCC2)c1. The summed E-state index contributed by atoms with van der Waals surface area (Å²) in [7, 11) is 0. The van der Waals surface area contributed by atoms with E-state index in [1.807, 2.05) is 0 Å². The quantitative estimate of drug-likeness (QED) is 0.742. The lowest BCUT2D eigenvalue weighted by Crippen LogP contribution is -2.27. The van der Waals surface area contributed by atoms with Crippen molar-refractivity contribution in [2.75, 3.05) is 18.0 Å². The lowest BCUT2D eigenvalue weighted by Gasteiger charge is -2.24. The molecular weight excluding hydrogens is 192 g/mol. The van der Waals surface area contributed by atoms with E-state index in [1.165, 1.54) is 12.3 Å². The lowest BCUT2D eigenvalue weighted by atomic mass is 10.2. The highest BCUT2D eigenvalue weighted by Crippen LogP contribution is 2.15. The van der Waals surface area contributed by atoms with Gasteiger partial charge in [0.2, 0.25) is 0 Å². The van der Waals surface area contributed by atoms with E-state index in [0.717, 1.165) is 25.3 Å². The molecule has 2 rings (SSSR count). The van der Waals surface area contributed by atoms with Crippen LogP contribution in [0.25, 0.3) is 0 Å². The Morgan fingerprint density at radius 1 is 1.47 bits per heavy atom. The van der Waals surface area contributed by atoms with E-state index in [-0.39, 0.29) is 5.56 Å². The van der Waals surface area contributed by atoms with Crippen molar-refractivity contribution in [3.05, 3.63) is 36.0 Å². The zero-order chi connectivity index (χ0) is 10.7. The van der Waals surface area contributed by atoms with Crippen molar-refractivity contribution in [2.45, 2.75) is 6.42 Å². The number of nitrogens with zero attached hydrogens (tertiary/aromatic N) is 2. The minimum atomic E-state index is -0.911. The van der Waals surface area contributed by atoms with Crippen LogP contribution in [0.4, 0.5) is 5.82 Å². The topological polar surface area (TPSA) is 53.4 Å². The Morgan fingerprint density at radius 2 is 2.33 bits per heavy atom. The monoisotopic (exact) mass is 204 g/mol. The van der Waals surface area contributed by atoms with Crippen LogP contribution in [0.5, 0.6) is 0 Å². The minimum Gasteiger partial charge on any atom is -0.478 e. The van der Waals surface area contributed by atoms with Crippen molar-refractivity contribution >= 4 is 11.8 Å². The molecule has 15 heavy (non-hydrogen) atoms. The van der Waals surface area contributed by atoms with Crippen molar-refractivity contribution < 1.29 is 9.90 Å². The van der Waals surface area contributed by atoms with Gasteiger partial charge in [-0.25, -0.2) is 9.78 Å². The van der Waals surface area contributed by atoms with Crippen LogP contribution in [0.1, 0.15) is 16.8 Å². The lowest BCUT2D eigenvalue weighted by molar-refractivity contribution is 0.0697. The van der Waals surface area contributed by atoms with Gasteiger partial charge in [-0.15, -0.1) is 0 Å². The molecule has 1 aliphatic heterocycles. The van der Waals surface area contributed by atoms with Gasteiger partial charge in [0.1, 0.15) is 5.82 Å². The summed E-state index contributed by atoms with van der Waals surface area (Å²) in [6.45, 7) is 1.70.